The Labute approximate surface area is 168 Å². The number of aromatic amines is 1. The van der Waals surface area contributed by atoms with Crippen LogP contribution in [0.5, 0.6) is 0 Å². The van der Waals surface area contributed by atoms with Crippen LogP contribution < -0.4 is 11.1 Å². The Morgan fingerprint density at radius 3 is 2.93 bits per heavy atom. The molecule has 6 nitrogen and oxygen atoms in total. The van der Waals surface area contributed by atoms with E-state index >= 15 is 0 Å². The summed E-state index contributed by atoms with van der Waals surface area (Å²) < 4.78 is 1.87. The van der Waals surface area contributed by atoms with E-state index in [2.05, 4.69) is 50.9 Å². The smallest absolute Gasteiger partial charge is 0.153 e. The van der Waals surface area contributed by atoms with Crippen molar-refractivity contribution in [1.82, 2.24) is 20.0 Å². The van der Waals surface area contributed by atoms with Crippen molar-refractivity contribution >= 4 is 33.3 Å². The number of nitrogens with two attached hydrogens (primary N) is 1. The second kappa shape index (κ2) is 5.32. The van der Waals surface area contributed by atoms with Crippen molar-refractivity contribution in [3.05, 3.63) is 47.7 Å². The maximum absolute atomic E-state index is 6.21. The molecule has 29 heavy (non-hydrogen) atoms. The molecule has 2 aromatic heterocycles. The molecule has 0 spiro atoms. The van der Waals surface area contributed by atoms with E-state index in [0.717, 1.165) is 28.3 Å². The van der Waals surface area contributed by atoms with Crippen LogP contribution in [0.3, 0.4) is 0 Å². The normalized spacial score (nSPS) is 29.9. The molecule has 2 aliphatic carbocycles. The van der Waals surface area contributed by atoms with Gasteiger partial charge in [0, 0.05) is 23.5 Å². The van der Waals surface area contributed by atoms with Crippen LogP contribution in [0.15, 0.2) is 36.5 Å². The van der Waals surface area contributed by atoms with Crippen LogP contribution in [0.25, 0.3) is 21.8 Å². The van der Waals surface area contributed by atoms with Crippen molar-refractivity contribution < 1.29 is 0 Å². The molecule has 0 saturated heterocycles. The van der Waals surface area contributed by atoms with Crippen LogP contribution in [0.4, 0.5) is 11.5 Å². The lowest BCUT2D eigenvalue weighted by atomic mass is 9.67. The van der Waals surface area contributed by atoms with E-state index in [4.69, 9.17) is 5.73 Å². The highest BCUT2D eigenvalue weighted by molar-refractivity contribution is 5.91. The van der Waals surface area contributed by atoms with Gasteiger partial charge in [-0.2, -0.15) is 10.2 Å². The summed E-state index contributed by atoms with van der Waals surface area (Å²) in [5.74, 6) is 3.43. The molecule has 4 aromatic rings. The van der Waals surface area contributed by atoms with Crippen LogP contribution in [0, 0.1) is 17.8 Å². The fourth-order valence-corrected chi connectivity index (χ4v) is 6.84. The van der Waals surface area contributed by atoms with Gasteiger partial charge in [-0.3, -0.25) is 9.78 Å². The first-order chi connectivity index (χ1) is 14.2. The number of hydrogen-bond acceptors (Lipinski definition) is 4. The van der Waals surface area contributed by atoms with Crippen LogP contribution in [0.1, 0.15) is 42.3 Å². The van der Waals surface area contributed by atoms with Gasteiger partial charge in [-0.15, -0.1) is 0 Å². The summed E-state index contributed by atoms with van der Waals surface area (Å²) in [6, 6.07) is 11.4. The molecule has 2 saturated carbocycles. The molecule has 3 heterocycles. The number of nitrogens with zero attached hydrogens (tertiary/aromatic N) is 3. The molecule has 6 heteroatoms. The number of nitrogen functional groups attached to an aromatic ring is 1. The molecule has 1 aliphatic heterocycles. The second-order valence-electron chi connectivity index (χ2n) is 9.20. The van der Waals surface area contributed by atoms with Gasteiger partial charge in [0.2, 0.25) is 0 Å². The zero-order chi connectivity index (χ0) is 19.3. The number of anilines is 2. The highest BCUT2D eigenvalue weighted by Crippen LogP contribution is 2.64. The highest BCUT2D eigenvalue weighted by Gasteiger charge is 2.54. The largest absolute Gasteiger partial charge is 0.382 e. The van der Waals surface area contributed by atoms with Gasteiger partial charge in [0.15, 0.2) is 5.82 Å². The van der Waals surface area contributed by atoms with Crippen molar-refractivity contribution in [2.24, 2.45) is 24.8 Å². The fraction of sp³-hybridized carbons (Fsp3) is 0.391. The Morgan fingerprint density at radius 2 is 2.00 bits per heavy atom. The summed E-state index contributed by atoms with van der Waals surface area (Å²) >= 11 is 0. The number of nitrogens with one attached hydrogen (secondary N) is 2. The lowest BCUT2D eigenvalue weighted by Crippen LogP contribution is -2.35. The van der Waals surface area contributed by atoms with Gasteiger partial charge in [0.05, 0.1) is 23.3 Å². The second-order valence-corrected chi connectivity index (χ2v) is 9.20. The standard InChI is InChI=1S/C23H24N6/c1-29-18-7-4-13(9-14(18)23(24)28-29)22-20-12-3-2-11(8-12)19(20)21-15-10-25-27-16(15)5-6-17(21)26-22/h4-7,9-12,19-20,22,26H,2-3,8H2,1H3,(H2,24,28)(H,25,27)/t11-,12+,19+,20-,22+/m1/s1. The third-order valence-electron chi connectivity index (χ3n) is 7.94. The van der Waals surface area contributed by atoms with Crippen LogP contribution >= 0.6 is 0 Å². The quantitative estimate of drug-likeness (QED) is 0.456. The van der Waals surface area contributed by atoms with E-state index in [-0.39, 0.29) is 0 Å². The van der Waals surface area contributed by atoms with Gasteiger partial charge in [0.1, 0.15) is 0 Å². The summed E-state index contributed by atoms with van der Waals surface area (Å²) in [5.41, 5.74) is 12.5. The predicted octanol–water partition coefficient (Wildman–Crippen LogP) is 4.33. The fourth-order valence-electron chi connectivity index (χ4n) is 6.84. The van der Waals surface area contributed by atoms with Crippen molar-refractivity contribution in [2.45, 2.75) is 31.2 Å². The Balaban J connectivity index is 1.43. The molecule has 3 aliphatic rings. The number of H-pyrrole nitrogens is 1. The Kier molecular flexibility index (Phi) is 2.91. The number of aromatic nitrogens is 4. The molecule has 0 unspecified atom stereocenters. The summed E-state index contributed by atoms with van der Waals surface area (Å²) in [5, 5.41) is 18.2. The van der Waals surface area contributed by atoms with Crippen LogP contribution in [0.2, 0.25) is 0 Å². The van der Waals surface area contributed by atoms with Crippen molar-refractivity contribution in [3.63, 3.8) is 0 Å². The number of rotatable bonds is 1. The molecule has 0 radical (unpaired) electrons. The Hall–Kier alpha value is -3.02. The third-order valence-corrected chi connectivity index (χ3v) is 7.94. The Morgan fingerprint density at radius 1 is 1.10 bits per heavy atom. The molecular weight excluding hydrogens is 360 g/mol. The molecule has 146 valence electrons. The monoisotopic (exact) mass is 384 g/mol. The average molecular weight is 384 g/mol. The molecule has 2 bridgehead atoms. The first kappa shape index (κ1) is 15.9. The summed E-state index contributed by atoms with van der Waals surface area (Å²) in [4.78, 5) is 0. The van der Waals surface area contributed by atoms with Crippen molar-refractivity contribution in [1.29, 1.82) is 0 Å². The molecule has 7 rings (SSSR count). The minimum atomic E-state index is 0.316. The molecule has 4 N–H and O–H groups in total. The first-order valence-electron chi connectivity index (χ1n) is 10.6. The van der Waals surface area contributed by atoms with E-state index in [1.807, 2.05) is 17.9 Å². The van der Waals surface area contributed by atoms with E-state index in [1.165, 1.54) is 41.5 Å². The molecule has 0 amide bonds. The highest BCUT2D eigenvalue weighted by atomic mass is 15.3. The van der Waals surface area contributed by atoms with Crippen LogP contribution in [-0.2, 0) is 7.05 Å². The number of benzene rings is 2. The van der Waals surface area contributed by atoms with E-state index in [1.54, 1.807) is 0 Å². The predicted molar refractivity (Wildman–Crippen MR) is 115 cm³/mol. The van der Waals surface area contributed by atoms with Gasteiger partial charge in [-0.1, -0.05) is 6.07 Å². The SMILES string of the molecule is Cn1nc(N)c2cc([C@@H]3Nc4ccc5[nH]ncc5c4[C@H]4[C@@H]5CC[C@@H](C5)[C@H]43)ccc21. The maximum Gasteiger partial charge on any atom is 0.153 e. The van der Waals surface area contributed by atoms with E-state index in [9.17, 15) is 0 Å². The zero-order valence-electron chi connectivity index (χ0n) is 16.4. The molecule has 2 aromatic carbocycles. The van der Waals surface area contributed by atoms with Crippen molar-refractivity contribution in [3.8, 4) is 0 Å². The average Bonchev–Trinajstić information content (AvgIpc) is 3.51. The van der Waals surface area contributed by atoms with E-state index in [0.29, 0.717) is 23.7 Å². The van der Waals surface area contributed by atoms with Gasteiger partial charge < -0.3 is 11.1 Å². The Bertz CT molecular complexity index is 1280. The van der Waals surface area contributed by atoms with Gasteiger partial charge >= 0.3 is 0 Å². The first-order valence-corrected chi connectivity index (χ1v) is 10.6. The zero-order valence-corrected chi connectivity index (χ0v) is 16.4. The molecular formula is C23H24N6. The summed E-state index contributed by atoms with van der Waals surface area (Å²) in [6.07, 6.45) is 6.10. The minimum absolute atomic E-state index is 0.316. The molecule has 2 fully saturated rings. The minimum Gasteiger partial charge on any atom is -0.382 e. The lowest BCUT2D eigenvalue weighted by molar-refractivity contribution is 0.249. The van der Waals surface area contributed by atoms with Crippen molar-refractivity contribution in [2.75, 3.05) is 11.1 Å². The van der Waals surface area contributed by atoms with Gasteiger partial charge in [-0.25, -0.2) is 0 Å². The number of fused-ring (bicyclic) bond motifs is 10. The van der Waals surface area contributed by atoms with E-state index < -0.39 is 0 Å². The summed E-state index contributed by atoms with van der Waals surface area (Å²) in [7, 11) is 1.95. The third kappa shape index (κ3) is 1.96. The number of aryl methyl sites for hydroxylation is 1. The van der Waals surface area contributed by atoms with Gasteiger partial charge in [-0.05, 0) is 78.3 Å². The maximum atomic E-state index is 6.21. The topological polar surface area (TPSA) is 84.5 Å². The molecule has 5 atom stereocenters. The lowest BCUT2D eigenvalue weighted by Gasteiger charge is -2.43. The van der Waals surface area contributed by atoms with Crippen LogP contribution in [-0.4, -0.2) is 20.0 Å². The summed E-state index contributed by atoms with van der Waals surface area (Å²) in [6.45, 7) is 0. The number of hydrogen-bond donors (Lipinski definition) is 3. The van der Waals surface area contributed by atoms with Gasteiger partial charge in [0.25, 0.3) is 0 Å².